The fourth-order valence-electron chi connectivity index (χ4n) is 2.89. The van der Waals surface area contributed by atoms with Crippen molar-refractivity contribution in [2.24, 2.45) is 5.73 Å². The lowest BCUT2D eigenvalue weighted by molar-refractivity contribution is 0.0368. The van der Waals surface area contributed by atoms with Gasteiger partial charge in [0.2, 0.25) is 10.0 Å². The second-order valence-corrected chi connectivity index (χ2v) is 9.09. The summed E-state index contributed by atoms with van der Waals surface area (Å²) in [5.41, 5.74) is 5.25. The highest BCUT2D eigenvalue weighted by molar-refractivity contribution is 7.89. The number of furan rings is 1. The van der Waals surface area contributed by atoms with E-state index in [1.165, 1.54) is 22.0 Å². The summed E-state index contributed by atoms with van der Waals surface area (Å²) in [4.78, 5) is 13.9. The van der Waals surface area contributed by atoms with E-state index in [1.807, 2.05) is 0 Å². The second kappa shape index (κ2) is 8.98. The fraction of sp³-hybridized carbons (Fsp3) is 0.471. The predicted molar refractivity (Wildman–Crippen MR) is 101 cm³/mol. The van der Waals surface area contributed by atoms with Gasteiger partial charge in [-0.1, -0.05) is 0 Å². The molecular formula is C17H23N3O5S2. The van der Waals surface area contributed by atoms with Gasteiger partial charge >= 0.3 is 0 Å². The number of thiophene rings is 1. The minimum Gasteiger partial charge on any atom is -0.468 e. The number of hydrogen-bond donors (Lipinski definition) is 1. The van der Waals surface area contributed by atoms with Crippen LogP contribution in [0.5, 0.6) is 0 Å². The zero-order valence-electron chi connectivity index (χ0n) is 14.9. The smallest absolute Gasteiger partial charge is 0.258 e. The number of primary amides is 1. The van der Waals surface area contributed by atoms with Gasteiger partial charge in [0.05, 0.1) is 35.8 Å². The minimum atomic E-state index is -3.76. The molecule has 1 amide bonds. The van der Waals surface area contributed by atoms with Crippen LogP contribution in [-0.4, -0.2) is 62.9 Å². The van der Waals surface area contributed by atoms with Crippen molar-refractivity contribution in [1.82, 2.24) is 9.21 Å². The van der Waals surface area contributed by atoms with Crippen molar-refractivity contribution in [3.63, 3.8) is 0 Å². The first kappa shape index (κ1) is 20.0. The maximum atomic E-state index is 13.1. The first-order valence-electron chi connectivity index (χ1n) is 8.68. The van der Waals surface area contributed by atoms with Gasteiger partial charge in [0.15, 0.2) is 0 Å². The molecular weight excluding hydrogens is 390 g/mol. The van der Waals surface area contributed by atoms with E-state index in [2.05, 4.69) is 4.90 Å². The van der Waals surface area contributed by atoms with Gasteiger partial charge in [-0.3, -0.25) is 9.69 Å². The van der Waals surface area contributed by atoms with Crippen LogP contribution in [0.1, 0.15) is 21.9 Å². The number of morpholine rings is 1. The summed E-state index contributed by atoms with van der Waals surface area (Å²) in [6, 6.07) is 4.80. The Balaban J connectivity index is 1.72. The van der Waals surface area contributed by atoms with Crippen molar-refractivity contribution in [1.29, 1.82) is 0 Å². The van der Waals surface area contributed by atoms with Crippen molar-refractivity contribution in [3.8, 4) is 0 Å². The molecule has 1 fully saturated rings. The number of hydrogen-bond acceptors (Lipinski definition) is 7. The highest BCUT2D eigenvalue weighted by Gasteiger charge is 2.27. The summed E-state index contributed by atoms with van der Waals surface area (Å²) < 4.78 is 38.2. The van der Waals surface area contributed by atoms with Crippen molar-refractivity contribution >= 4 is 27.3 Å². The average Bonchev–Trinajstić information content (AvgIpc) is 3.34. The molecule has 2 N–H and O–H groups in total. The van der Waals surface area contributed by atoms with Gasteiger partial charge in [0, 0.05) is 25.0 Å². The highest BCUT2D eigenvalue weighted by Crippen LogP contribution is 2.24. The molecule has 1 aliphatic rings. The molecule has 2 aromatic heterocycles. The number of sulfonamides is 1. The summed E-state index contributed by atoms with van der Waals surface area (Å²) >= 11 is 1.03. The molecule has 0 unspecified atom stereocenters. The molecule has 2 aromatic rings. The highest BCUT2D eigenvalue weighted by atomic mass is 32.2. The molecule has 0 spiro atoms. The zero-order valence-corrected chi connectivity index (χ0v) is 16.5. The van der Waals surface area contributed by atoms with E-state index in [-0.39, 0.29) is 16.3 Å². The van der Waals surface area contributed by atoms with E-state index in [9.17, 15) is 13.2 Å². The van der Waals surface area contributed by atoms with E-state index in [1.54, 1.807) is 12.1 Å². The van der Waals surface area contributed by atoms with Crippen molar-refractivity contribution < 1.29 is 22.4 Å². The van der Waals surface area contributed by atoms with E-state index in [4.69, 9.17) is 14.9 Å². The van der Waals surface area contributed by atoms with Crippen LogP contribution >= 0.6 is 11.3 Å². The third kappa shape index (κ3) is 5.17. The van der Waals surface area contributed by atoms with Gasteiger partial charge in [0.1, 0.15) is 5.76 Å². The summed E-state index contributed by atoms with van der Waals surface area (Å²) in [7, 11) is -3.76. The van der Waals surface area contributed by atoms with Crippen LogP contribution < -0.4 is 5.73 Å². The Morgan fingerprint density at radius 2 is 2.11 bits per heavy atom. The second-order valence-electron chi connectivity index (χ2n) is 6.24. The first-order chi connectivity index (χ1) is 13.0. The Morgan fingerprint density at radius 1 is 1.33 bits per heavy atom. The summed E-state index contributed by atoms with van der Waals surface area (Å²) in [6.45, 7) is 4.42. The van der Waals surface area contributed by atoms with Crippen LogP contribution in [0.4, 0.5) is 0 Å². The van der Waals surface area contributed by atoms with Crippen molar-refractivity contribution in [3.05, 3.63) is 40.5 Å². The van der Waals surface area contributed by atoms with Crippen LogP contribution in [0.2, 0.25) is 0 Å². The van der Waals surface area contributed by atoms with Gasteiger partial charge in [0.25, 0.3) is 5.91 Å². The van der Waals surface area contributed by atoms with Gasteiger partial charge in [-0.15, -0.1) is 11.3 Å². The summed E-state index contributed by atoms with van der Waals surface area (Å²) in [5, 5.41) is 1.45. The minimum absolute atomic E-state index is 0.0826. The van der Waals surface area contributed by atoms with Gasteiger partial charge < -0.3 is 14.9 Å². The maximum absolute atomic E-state index is 13.1. The van der Waals surface area contributed by atoms with Gasteiger partial charge in [-0.2, -0.15) is 4.31 Å². The van der Waals surface area contributed by atoms with E-state index < -0.39 is 15.9 Å². The Hall–Kier alpha value is -1.72. The molecule has 3 heterocycles. The van der Waals surface area contributed by atoms with E-state index in [0.29, 0.717) is 31.9 Å². The monoisotopic (exact) mass is 413 g/mol. The topological polar surface area (TPSA) is 106 Å². The average molecular weight is 414 g/mol. The Labute approximate surface area is 162 Å². The number of carbonyl (C=O) groups excluding carboxylic acids is 1. The fourth-order valence-corrected chi connectivity index (χ4v) is 5.45. The molecule has 0 atom stereocenters. The normalized spacial score (nSPS) is 16.0. The number of nitrogens with zero attached hydrogens (tertiary/aromatic N) is 2. The number of amides is 1. The molecule has 0 saturated carbocycles. The lowest BCUT2D eigenvalue weighted by Crippen LogP contribution is -2.39. The molecule has 1 saturated heterocycles. The maximum Gasteiger partial charge on any atom is 0.258 e. The predicted octanol–water partition coefficient (Wildman–Crippen LogP) is 1.35. The van der Waals surface area contributed by atoms with Crippen LogP contribution in [0.15, 0.2) is 39.2 Å². The molecule has 1 aliphatic heterocycles. The molecule has 27 heavy (non-hydrogen) atoms. The first-order valence-corrected chi connectivity index (χ1v) is 11.0. The Kier molecular flexibility index (Phi) is 6.66. The lowest BCUT2D eigenvalue weighted by atomic mass is 10.3. The summed E-state index contributed by atoms with van der Waals surface area (Å²) in [6.07, 6.45) is 2.20. The molecule has 0 radical (unpaired) electrons. The van der Waals surface area contributed by atoms with Crippen molar-refractivity contribution in [2.75, 3.05) is 39.4 Å². The molecule has 148 valence electrons. The van der Waals surface area contributed by atoms with Crippen LogP contribution in [0, 0.1) is 0 Å². The molecule has 0 aliphatic carbocycles. The Bertz CT molecular complexity index is 842. The van der Waals surface area contributed by atoms with Crippen LogP contribution in [0.25, 0.3) is 0 Å². The number of carbonyl (C=O) groups is 1. The quantitative estimate of drug-likeness (QED) is 0.665. The lowest BCUT2D eigenvalue weighted by Gasteiger charge is -2.27. The molecule has 3 rings (SSSR count). The molecule has 0 bridgehead atoms. The third-order valence-electron chi connectivity index (χ3n) is 4.35. The number of nitrogens with two attached hydrogens (primary N) is 1. The SMILES string of the molecule is NC(=O)c1cc(S(=O)(=O)N(CCCN2CCOCC2)Cc2ccco2)cs1. The zero-order chi connectivity index (χ0) is 19.3. The standard InChI is InChI=1S/C17H23N3O5S2/c18-17(21)16-11-15(13-26-16)27(22,23)20(12-14-3-1-8-25-14)5-2-4-19-6-9-24-10-7-19/h1,3,8,11,13H,2,4-7,9-10,12H2,(H2,18,21). The van der Waals surface area contributed by atoms with Crippen LogP contribution in [0.3, 0.4) is 0 Å². The molecule has 8 nitrogen and oxygen atoms in total. The van der Waals surface area contributed by atoms with E-state index >= 15 is 0 Å². The number of ether oxygens (including phenoxy) is 1. The van der Waals surface area contributed by atoms with Gasteiger partial charge in [-0.05, 0) is 31.2 Å². The third-order valence-corrected chi connectivity index (χ3v) is 7.27. The van der Waals surface area contributed by atoms with Gasteiger partial charge in [-0.25, -0.2) is 8.42 Å². The largest absolute Gasteiger partial charge is 0.468 e. The van der Waals surface area contributed by atoms with E-state index in [0.717, 1.165) is 31.0 Å². The number of rotatable bonds is 9. The van der Waals surface area contributed by atoms with Crippen molar-refractivity contribution in [2.45, 2.75) is 17.9 Å². The molecule has 10 heteroatoms. The Morgan fingerprint density at radius 3 is 2.74 bits per heavy atom. The summed E-state index contributed by atoms with van der Waals surface area (Å²) in [5.74, 6) is -0.0679. The van der Waals surface area contributed by atoms with Crippen LogP contribution in [-0.2, 0) is 21.3 Å². The molecule has 0 aromatic carbocycles.